The fraction of sp³-hybridized carbons (Fsp3) is 0.667. The van der Waals surface area contributed by atoms with Gasteiger partial charge >= 0.3 is 0 Å². The zero-order valence-electron chi connectivity index (χ0n) is 14.7. The summed E-state index contributed by atoms with van der Waals surface area (Å²) >= 11 is 0. The normalized spacial score (nSPS) is 24.0. The van der Waals surface area contributed by atoms with Crippen LogP contribution in [0, 0.1) is 6.92 Å². The molecule has 1 aliphatic rings. The first-order valence-corrected chi connectivity index (χ1v) is 7.69. The fourth-order valence-electron chi connectivity index (χ4n) is 2.73. The van der Waals surface area contributed by atoms with E-state index in [1.807, 2.05) is 45.9 Å². The molecule has 0 aromatic heterocycles. The molecule has 0 aliphatic carbocycles. The average Bonchev–Trinajstić information content (AvgIpc) is 2.94. The summed E-state index contributed by atoms with van der Waals surface area (Å²) in [6.45, 7) is 10.1. The smallest absolute Gasteiger partial charge is 0.185 e. The summed E-state index contributed by atoms with van der Waals surface area (Å²) in [5.41, 5.74) is 1.25. The van der Waals surface area contributed by atoms with E-state index in [0.717, 1.165) is 11.1 Å². The van der Waals surface area contributed by atoms with Gasteiger partial charge in [0.2, 0.25) is 0 Å². The maximum absolute atomic E-state index is 6.26. The first-order valence-electron chi connectivity index (χ1n) is 7.69. The quantitative estimate of drug-likeness (QED) is 0.832. The lowest BCUT2D eigenvalue weighted by Gasteiger charge is -2.38. The fourth-order valence-corrected chi connectivity index (χ4v) is 2.73. The van der Waals surface area contributed by atoms with Crippen LogP contribution >= 0.6 is 0 Å². The van der Waals surface area contributed by atoms with Crippen molar-refractivity contribution in [3.05, 3.63) is 35.4 Å². The molecule has 1 heterocycles. The molecule has 1 aliphatic heterocycles. The number of ether oxygens (including phenoxy) is 4. The van der Waals surface area contributed by atoms with Crippen molar-refractivity contribution in [3.63, 3.8) is 0 Å². The van der Waals surface area contributed by atoms with Gasteiger partial charge in [-0.25, -0.2) is 0 Å². The molecular formula is C18H28O4. The van der Waals surface area contributed by atoms with Crippen LogP contribution in [0.2, 0.25) is 0 Å². The number of hydrogen-bond acceptors (Lipinski definition) is 4. The second-order valence-corrected chi connectivity index (χ2v) is 6.92. The number of rotatable bonds is 5. The molecule has 22 heavy (non-hydrogen) atoms. The molecule has 0 spiro atoms. The first-order chi connectivity index (χ1) is 10.2. The highest BCUT2D eigenvalue weighted by atomic mass is 16.7. The molecule has 4 heteroatoms. The Hall–Kier alpha value is -0.940. The Morgan fingerprint density at radius 2 is 1.32 bits per heavy atom. The molecule has 0 unspecified atom stereocenters. The molecule has 2 rings (SSSR count). The average molecular weight is 308 g/mol. The van der Waals surface area contributed by atoms with Crippen LogP contribution in [0.5, 0.6) is 0 Å². The predicted molar refractivity (Wildman–Crippen MR) is 85.8 cm³/mol. The molecule has 0 N–H and O–H groups in total. The zero-order chi connectivity index (χ0) is 16.5. The molecule has 0 bridgehead atoms. The van der Waals surface area contributed by atoms with Crippen molar-refractivity contribution in [3.8, 4) is 0 Å². The monoisotopic (exact) mass is 308 g/mol. The Bertz CT molecular complexity index is 486. The van der Waals surface area contributed by atoms with Gasteiger partial charge in [0, 0.05) is 19.8 Å². The van der Waals surface area contributed by atoms with E-state index < -0.39 is 17.5 Å². The molecule has 1 fully saturated rings. The van der Waals surface area contributed by atoms with Gasteiger partial charge in [-0.15, -0.1) is 0 Å². The minimum atomic E-state index is -0.474. The predicted octanol–water partition coefficient (Wildman–Crippen LogP) is 3.63. The molecule has 4 nitrogen and oxygen atoms in total. The minimum absolute atomic E-state index is 0.225. The molecule has 1 saturated heterocycles. The largest absolute Gasteiger partial charge is 0.376 e. The molecular weight excluding hydrogens is 280 g/mol. The molecule has 0 radical (unpaired) electrons. The van der Waals surface area contributed by atoms with Gasteiger partial charge in [0.25, 0.3) is 0 Å². The third-order valence-corrected chi connectivity index (χ3v) is 4.68. The number of methoxy groups -OCH3 is 2. The van der Waals surface area contributed by atoms with Gasteiger partial charge < -0.3 is 18.9 Å². The van der Waals surface area contributed by atoms with Crippen LogP contribution in [-0.4, -0.2) is 37.6 Å². The van der Waals surface area contributed by atoms with Gasteiger partial charge in [0.1, 0.15) is 12.2 Å². The Labute approximate surface area is 133 Å². The van der Waals surface area contributed by atoms with Crippen molar-refractivity contribution in [2.75, 3.05) is 14.2 Å². The lowest BCUT2D eigenvalue weighted by Crippen LogP contribution is -2.53. The van der Waals surface area contributed by atoms with Crippen molar-refractivity contribution in [1.29, 1.82) is 0 Å². The highest BCUT2D eigenvalue weighted by Gasteiger charge is 2.52. The van der Waals surface area contributed by atoms with E-state index in [0.29, 0.717) is 0 Å². The van der Waals surface area contributed by atoms with E-state index in [1.54, 1.807) is 14.2 Å². The van der Waals surface area contributed by atoms with Crippen LogP contribution < -0.4 is 0 Å². The highest BCUT2D eigenvalue weighted by Crippen LogP contribution is 2.42. The minimum Gasteiger partial charge on any atom is -0.376 e. The van der Waals surface area contributed by atoms with Crippen LogP contribution in [-0.2, 0) is 18.9 Å². The maximum Gasteiger partial charge on any atom is 0.185 e. The van der Waals surface area contributed by atoms with Crippen molar-refractivity contribution < 1.29 is 18.9 Å². The van der Waals surface area contributed by atoms with Gasteiger partial charge in [0.15, 0.2) is 6.29 Å². The van der Waals surface area contributed by atoms with E-state index in [2.05, 4.69) is 13.0 Å². The van der Waals surface area contributed by atoms with Crippen LogP contribution in [0.1, 0.15) is 45.1 Å². The Kier molecular flexibility index (Phi) is 4.97. The zero-order valence-corrected chi connectivity index (χ0v) is 14.7. The number of benzene rings is 1. The molecule has 1 aromatic rings. The summed E-state index contributed by atoms with van der Waals surface area (Å²) in [6, 6.07) is 8.12. The molecule has 0 saturated carbocycles. The van der Waals surface area contributed by atoms with Crippen molar-refractivity contribution in [2.45, 2.75) is 64.3 Å². The van der Waals surface area contributed by atoms with Crippen LogP contribution in [0.3, 0.4) is 0 Å². The van der Waals surface area contributed by atoms with E-state index in [-0.39, 0.29) is 12.2 Å². The Morgan fingerprint density at radius 3 is 1.73 bits per heavy atom. The van der Waals surface area contributed by atoms with Gasteiger partial charge in [-0.05, 0) is 40.2 Å². The summed E-state index contributed by atoms with van der Waals surface area (Å²) in [4.78, 5) is 0. The number of hydrogen-bond donors (Lipinski definition) is 0. The molecule has 2 atom stereocenters. The SMILES string of the molecule is COC(C)(C)[C@@H]1OC(c2ccccc2C)O[C@H]1C(C)(C)OC. The van der Waals surface area contributed by atoms with Gasteiger partial charge in [-0.1, -0.05) is 24.3 Å². The van der Waals surface area contributed by atoms with E-state index in [4.69, 9.17) is 18.9 Å². The topological polar surface area (TPSA) is 36.9 Å². The number of aryl methyl sites for hydroxylation is 1. The summed E-state index contributed by atoms with van der Waals surface area (Å²) < 4.78 is 23.8. The lowest BCUT2D eigenvalue weighted by atomic mass is 9.87. The van der Waals surface area contributed by atoms with Crippen molar-refractivity contribution in [1.82, 2.24) is 0 Å². The van der Waals surface area contributed by atoms with Crippen molar-refractivity contribution in [2.24, 2.45) is 0 Å². The third kappa shape index (κ3) is 3.20. The van der Waals surface area contributed by atoms with E-state index >= 15 is 0 Å². The van der Waals surface area contributed by atoms with E-state index in [9.17, 15) is 0 Å². The second kappa shape index (κ2) is 6.28. The second-order valence-electron chi connectivity index (χ2n) is 6.92. The summed E-state index contributed by atoms with van der Waals surface area (Å²) in [6.07, 6.45) is -0.853. The maximum atomic E-state index is 6.26. The summed E-state index contributed by atoms with van der Waals surface area (Å²) in [5.74, 6) is 0. The molecule has 124 valence electrons. The Morgan fingerprint density at radius 1 is 0.864 bits per heavy atom. The van der Waals surface area contributed by atoms with Crippen LogP contribution in [0.4, 0.5) is 0 Å². The standard InChI is InChI=1S/C18H28O4/c1-12-10-8-9-11-13(12)16-21-14(17(2,3)19-6)15(22-16)18(4,5)20-7/h8-11,14-16H,1-7H3/t14-,15-/m1/s1. The van der Waals surface area contributed by atoms with Gasteiger partial charge in [-0.2, -0.15) is 0 Å². The Balaban J connectivity index is 2.35. The molecule has 0 amide bonds. The highest BCUT2D eigenvalue weighted by molar-refractivity contribution is 5.27. The van der Waals surface area contributed by atoms with Crippen LogP contribution in [0.15, 0.2) is 24.3 Å². The first kappa shape index (κ1) is 17.4. The summed E-state index contributed by atoms with van der Waals surface area (Å²) in [7, 11) is 3.39. The van der Waals surface area contributed by atoms with Crippen molar-refractivity contribution >= 4 is 0 Å². The van der Waals surface area contributed by atoms with E-state index in [1.165, 1.54) is 0 Å². The molecule has 1 aromatic carbocycles. The summed E-state index contributed by atoms with van der Waals surface area (Å²) in [5, 5.41) is 0. The third-order valence-electron chi connectivity index (χ3n) is 4.68. The van der Waals surface area contributed by atoms with Crippen LogP contribution in [0.25, 0.3) is 0 Å². The lowest BCUT2D eigenvalue weighted by molar-refractivity contribution is -0.132. The van der Waals surface area contributed by atoms with Gasteiger partial charge in [0.05, 0.1) is 11.2 Å². The van der Waals surface area contributed by atoms with Gasteiger partial charge in [-0.3, -0.25) is 0 Å².